The van der Waals surface area contributed by atoms with E-state index in [0.717, 1.165) is 12.8 Å². The molecule has 0 spiro atoms. The lowest BCUT2D eigenvalue weighted by Gasteiger charge is -2.36. The zero-order valence-electron chi connectivity index (χ0n) is 10.3. The molecule has 1 heterocycles. The Labute approximate surface area is 106 Å². The predicted molar refractivity (Wildman–Crippen MR) is 67.5 cm³/mol. The molecule has 2 rings (SSSR count). The summed E-state index contributed by atoms with van der Waals surface area (Å²) in [5.74, 6) is -0.728. The molecule has 0 radical (unpaired) electrons. The highest BCUT2D eigenvalue weighted by Crippen LogP contribution is 2.29. The minimum absolute atomic E-state index is 0.0141. The topological polar surface area (TPSA) is 86.8 Å². The molecular weight excluding hydrogens is 232 g/mol. The summed E-state index contributed by atoms with van der Waals surface area (Å²) < 4.78 is 0. The number of nitrogens with two attached hydrogens (primary N) is 1. The van der Waals surface area contributed by atoms with Crippen molar-refractivity contribution in [2.24, 2.45) is 5.73 Å². The zero-order chi connectivity index (χ0) is 13.3. The van der Waals surface area contributed by atoms with E-state index >= 15 is 0 Å². The quantitative estimate of drug-likeness (QED) is 0.695. The van der Waals surface area contributed by atoms with E-state index in [4.69, 9.17) is 5.73 Å². The number of hydrogen-bond acceptors (Lipinski definition) is 4. The number of hydrogen-bond donors (Lipinski definition) is 3. The highest BCUT2D eigenvalue weighted by Gasteiger charge is 2.30. The van der Waals surface area contributed by atoms with Crippen molar-refractivity contribution in [2.45, 2.75) is 31.8 Å². The lowest BCUT2D eigenvalue weighted by molar-refractivity contribution is 0.0613. The Kier molecular flexibility index (Phi) is 3.43. The van der Waals surface area contributed by atoms with Gasteiger partial charge in [0.1, 0.15) is 17.1 Å². The fraction of sp³-hybridized carbons (Fsp3) is 0.462. The third-order valence-electron chi connectivity index (χ3n) is 3.41. The molecule has 1 aromatic rings. The molecule has 4 N–H and O–H groups in total. The van der Waals surface area contributed by atoms with Crippen LogP contribution in [-0.2, 0) is 0 Å². The number of rotatable bonds is 1. The highest BCUT2D eigenvalue weighted by atomic mass is 16.3. The van der Waals surface area contributed by atoms with Crippen molar-refractivity contribution in [3.8, 4) is 11.5 Å². The Morgan fingerprint density at radius 1 is 1.39 bits per heavy atom. The molecule has 1 aromatic carbocycles. The molecule has 1 aliphatic rings. The summed E-state index contributed by atoms with van der Waals surface area (Å²) in [6, 6.07) is 4.42. The lowest BCUT2D eigenvalue weighted by Crippen LogP contribution is -2.48. The fourth-order valence-corrected chi connectivity index (χ4v) is 2.40. The normalized spacial score (nSPS) is 24.0. The van der Waals surface area contributed by atoms with Gasteiger partial charge in [0.05, 0.1) is 0 Å². The van der Waals surface area contributed by atoms with E-state index < -0.39 is 0 Å². The molecule has 2 atom stereocenters. The molecule has 2 unspecified atom stereocenters. The molecule has 0 saturated carbocycles. The minimum atomic E-state index is -0.343. The fourth-order valence-electron chi connectivity index (χ4n) is 2.40. The van der Waals surface area contributed by atoms with Crippen LogP contribution >= 0.6 is 0 Å². The number of amides is 1. The average Bonchev–Trinajstić information content (AvgIpc) is 2.28. The molecule has 98 valence electrons. The Hall–Kier alpha value is -1.75. The molecule has 5 nitrogen and oxygen atoms in total. The summed E-state index contributed by atoms with van der Waals surface area (Å²) in [5, 5.41) is 19.4. The van der Waals surface area contributed by atoms with Gasteiger partial charge in [-0.05, 0) is 31.9 Å². The van der Waals surface area contributed by atoms with Gasteiger partial charge in [-0.15, -0.1) is 0 Å². The van der Waals surface area contributed by atoms with E-state index in [2.05, 4.69) is 0 Å². The molecule has 5 heteroatoms. The average molecular weight is 250 g/mol. The number of likely N-dealkylation sites (tertiary alicyclic amines) is 1. The van der Waals surface area contributed by atoms with Gasteiger partial charge in [-0.3, -0.25) is 4.79 Å². The summed E-state index contributed by atoms with van der Waals surface area (Å²) in [6.45, 7) is 2.48. The van der Waals surface area contributed by atoms with Gasteiger partial charge in [0.2, 0.25) is 0 Å². The largest absolute Gasteiger partial charge is 0.507 e. The van der Waals surface area contributed by atoms with Gasteiger partial charge in [0.15, 0.2) is 0 Å². The van der Waals surface area contributed by atoms with Crippen LogP contribution in [0.4, 0.5) is 0 Å². The monoisotopic (exact) mass is 250 g/mol. The van der Waals surface area contributed by atoms with Crippen molar-refractivity contribution in [2.75, 3.05) is 6.54 Å². The summed E-state index contributed by atoms with van der Waals surface area (Å²) >= 11 is 0. The molecule has 1 fully saturated rings. The highest BCUT2D eigenvalue weighted by molar-refractivity contribution is 5.99. The first-order valence-corrected chi connectivity index (χ1v) is 6.08. The molecule has 18 heavy (non-hydrogen) atoms. The Bertz CT molecular complexity index is 441. The maximum atomic E-state index is 12.3. The maximum absolute atomic E-state index is 12.3. The number of aromatic hydroxyl groups is 2. The van der Waals surface area contributed by atoms with Gasteiger partial charge in [0, 0.05) is 18.6 Å². The number of phenols is 2. The lowest BCUT2D eigenvalue weighted by atomic mass is 9.98. The van der Waals surface area contributed by atoms with Crippen molar-refractivity contribution in [1.82, 2.24) is 4.90 Å². The van der Waals surface area contributed by atoms with Crippen LogP contribution in [0.25, 0.3) is 0 Å². The number of piperidine rings is 1. The maximum Gasteiger partial charge on any atom is 0.261 e. The number of benzene rings is 1. The van der Waals surface area contributed by atoms with E-state index in [1.165, 1.54) is 18.2 Å². The smallest absolute Gasteiger partial charge is 0.261 e. The Morgan fingerprint density at radius 3 is 2.56 bits per heavy atom. The number of carbonyl (C=O) groups excluding carboxylic acids is 1. The van der Waals surface area contributed by atoms with E-state index in [1.54, 1.807) is 4.90 Å². The van der Waals surface area contributed by atoms with Crippen molar-refractivity contribution in [1.29, 1.82) is 0 Å². The van der Waals surface area contributed by atoms with Gasteiger partial charge in [-0.1, -0.05) is 6.07 Å². The van der Waals surface area contributed by atoms with E-state index in [1.807, 2.05) is 6.92 Å². The second-order valence-electron chi connectivity index (χ2n) is 4.80. The number of carbonyl (C=O) groups is 1. The zero-order valence-corrected chi connectivity index (χ0v) is 10.3. The first-order chi connectivity index (χ1) is 8.50. The van der Waals surface area contributed by atoms with Gasteiger partial charge in [-0.2, -0.15) is 0 Å². The minimum Gasteiger partial charge on any atom is -0.507 e. The van der Waals surface area contributed by atoms with Crippen LogP contribution in [0.2, 0.25) is 0 Å². The van der Waals surface area contributed by atoms with Gasteiger partial charge in [-0.25, -0.2) is 0 Å². The summed E-state index contributed by atoms with van der Waals surface area (Å²) in [5.41, 5.74) is 5.82. The second-order valence-corrected chi connectivity index (χ2v) is 4.80. The van der Waals surface area contributed by atoms with Crippen molar-refractivity contribution < 1.29 is 15.0 Å². The van der Waals surface area contributed by atoms with Crippen molar-refractivity contribution >= 4 is 5.91 Å². The Morgan fingerprint density at radius 2 is 2.00 bits per heavy atom. The summed E-state index contributed by atoms with van der Waals surface area (Å²) in [7, 11) is 0. The molecule has 0 aliphatic carbocycles. The first-order valence-electron chi connectivity index (χ1n) is 6.08. The van der Waals surface area contributed by atoms with Crippen LogP contribution in [0.5, 0.6) is 11.5 Å². The van der Waals surface area contributed by atoms with Crippen LogP contribution in [0.3, 0.4) is 0 Å². The SMILES string of the molecule is CC1CC(N)CCN1C(=O)c1c(O)cccc1O. The van der Waals surface area contributed by atoms with Crippen molar-refractivity contribution in [3.05, 3.63) is 23.8 Å². The van der Waals surface area contributed by atoms with Gasteiger partial charge in [0.25, 0.3) is 5.91 Å². The van der Waals surface area contributed by atoms with Crippen LogP contribution in [0.15, 0.2) is 18.2 Å². The number of phenolic OH excluding ortho intramolecular Hbond substituents is 2. The second kappa shape index (κ2) is 4.86. The molecule has 0 aromatic heterocycles. The van der Waals surface area contributed by atoms with Gasteiger partial charge < -0.3 is 20.8 Å². The van der Waals surface area contributed by atoms with E-state index in [9.17, 15) is 15.0 Å². The van der Waals surface area contributed by atoms with Crippen LogP contribution in [0.1, 0.15) is 30.1 Å². The molecular formula is C13H18N2O3. The molecule has 0 bridgehead atoms. The van der Waals surface area contributed by atoms with Crippen LogP contribution < -0.4 is 5.73 Å². The third kappa shape index (κ3) is 2.26. The predicted octanol–water partition coefficient (Wildman–Crippen LogP) is 1.05. The molecule has 1 amide bonds. The third-order valence-corrected chi connectivity index (χ3v) is 3.41. The van der Waals surface area contributed by atoms with Crippen molar-refractivity contribution in [3.63, 3.8) is 0 Å². The summed E-state index contributed by atoms with van der Waals surface area (Å²) in [4.78, 5) is 14.0. The van der Waals surface area contributed by atoms with E-state index in [0.29, 0.717) is 6.54 Å². The first kappa shape index (κ1) is 12.7. The van der Waals surface area contributed by atoms with Gasteiger partial charge >= 0.3 is 0 Å². The number of nitrogens with zero attached hydrogens (tertiary/aromatic N) is 1. The van der Waals surface area contributed by atoms with Crippen LogP contribution in [-0.4, -0.2) is 39.6 Å². The standard InChI is InChI=1S/C13H18N2O3/c1-8-7-9(14)5-6-15(8)13(18)12-10(16)3-2-4-11(12)17/h2-4,8-9,16-17H,5-7,14H2,1H3. The van der Waals surface area contributed by atoms with Crippen LogP contribution in [0, 0.1) is 0 Å². The summed E-state index contributed by atoms with van der Waals surface area (Å²) in [6.07, 6.45) is 1.48. The molecule has 1 saturated heterocycles. The van der Waals surface area contributed by atoms with E-state index in [-0.39, 0.29) is 35.1 Å². The Balaban J connectivity index is 2.26. The molecule has 1 aliphatic heterocycles.